The van der Waals surface area contributed by atoms with Gasteiger partial charge in [-0.15, -0.1) is 0 Å². The number of benzene rings is 8. The zero-order chi connectivity index (χ0) is 106. The Morgan fingerprint density at radius 3 is 0.911 bits per heavy atom. The molecule has 16 rings (SSSR count). The topological polar surface area (TPSA) is 303 Å². The number of rotatable bonds is 34. The number of carbonyl (C=O) groups excluding carboxylic acids is 4. The van der Waals surface area contributed by atoms with Crippen molar-refractivity contribution in [3.63, 3.8) is 0 Å². The number of piperidine rings is 4. The number of amides is 4. The fourth-order valence-electron chi connectivity index (χ4n) is 19.1. The van der Waals surface area contributed by atoms with Crippen molar-refractivity contribution in [2.24, 2.45) is 17.8 Å². The Bertz CT molecular complexity index is 6380. The van der Waals surface area contributed by atoms with Crippen molar-refractivity contribution < 1.29 is 98.1 Å². The molecule has 4 aliphatic heterocycles. The number of ether oxygens (including phenoxy) is 4. The van der Waals surface area contributed by atoms with Gasteiger partial charge in [-0.1, -0.05) is 92.8 Å². The minimum absolute atomic E-state index is 0.0298. The SMILES string of the molecule is CCS(=O)(=O)NC(=O)c1cc(C2CC2)c(OC[C@@H]2CC[C@@H](C)N([C@@H](C)c3cc(Cl)cc(Cl)c3)C2)cc1F.CCS(=O)(=O)NC(=O)c1cc(C2CC2)c(OC[C@@H]2CC[C@@H](C)N([C@H](C)c3cc(Cl)cc(Cl)c3)C2)cc1F.CS(=O)(=O)NC(=O)c1cc(C2CC2)c(OCC2(F)CCN(Cc3cc(Cl)cc(Cl)c3F)CC2)cc1F.C[C@@H]1CC[C@@H](COc2cc(F)c(C(=O)NS(C)(=O)=O)cc2C2CC2)CN1[C@H](C)c1cc(Cl)cc(Cl)c1. The number of sulfonamides is 4. The van der Waals surface area contributed by atoms with Gasteiger partial charge < -0.3 is 18.9 Å². The van der Waals surface area contributed by atoms with E-state index >= 15 is 4.39 Å². The number of nitrogens with one attached hydrogen (secondary N) is 4. The van der Waals surface area contributed by atoms with Crippen LogP contribution >= 0.6 is 92.8 Å². The average molecular weight is 2270 g/mol. The molecule has 4 N–H and O–H groups in total. The Morgan fingerprint density at radius 1 is 0.377 bits per heavy atom. The van der Waals surface area contributed by atoms with Crippen LogP contribution in [0.1, 0.15) is 286 Å². The lowest BCUT2D eigenvalue weighted by Gasteiger charge is -2.42. The third-order valence-electron chi connectivity index (χ3n) is 28.1. The summed E-state index contributed by atoms with van der Waals surface area (Å²) in [5.74, 6) is -5.71. The van der Waals surface area contributed by atoms with E-state index in [1.807, 2.05) is 55.5 Å². The second kappa shape index (κ2) is 49.4. The lowest BCUT2D eigenvalue weighted by molar-refractivity contribution is 0.0146. The van der Waals surface area contributed by atoms with E-state index in [0.29, 0.717) is 115 Å². The molecule has 4 saturated heterocycles. The number of hydrogen-bond donors (Lipinski definition) is 4. The predicted octanol–water partition coefficient (Wildman–Crippen LogP) is 23.8. The molecule has 0 spiro atoms. The minimum Gasteiger partial charge on any atom is -0.493 e. The maximum atomic E-state index is 15.5. The maximum absolute atomic E-state index is 15.5. The fraction of sp³-hybridized carbons (Fsp3) is 0.500. The van der Waals surface area contributed by atoms with Gasteiger partial charge in [0, 0.05) is 158 Å². The Hall–Kier alpha value is -7.62. The van der Waals surface area contributed by atoms with Crippen LogP contribution in [0.25, 0.3) is 0 Å². The Kier molecular flexibility index (Phi) is 39.1. The summed E-state index contributed by atoms with van der Waals surface area (Å²) in [6.07, 6.45) is 15.0. The quantitative estimate of drug-likeness (QED) is 0.0215. The highest BCUT2D eigenvalue weighted by molar-refractivity contribution is 7.90. The molecule has 4 amide bonds. The van der Waals surface area contributed by atoms with Crippen molar-refractivity contribution >= 4 is 157 Å². The Balaban J connectivity index is 0.000000163. The summed E-state index contributed by atoms with van der Waals surface area (Å²) in [6, 6.07) is 31.4. The summed E-state index contributed by atoms with van der Waals surface area (Å²) >= 11 is 49.2. The van der Waals surface area contributed by atoms with Crippen LogP contribution in [0.4, 0.5) is 26.3 Å². The molecule has 4 heterocycles. The second-order valence-electron chi connectivity index (χ2n) is 39.8. The molecule has 0 unspecified atom stereocenters. The largest absolute Gasteiger partial charge is 0.493 e. The zero-order valence-electron chi connectivity index (χ0n) is 82.5. The molecule has 4 aliphatic carbocycles. The first-order valence-corrected chi connectivity index (χ1v) is 59.0. The number of hydrogen-bond acceptors (Lipinski definition) is 20. The molecule has 0 bridgehead atoms. The monoisotopic (exact) mass is 2260 g/mol. The summed E-state index contributed by atoms with van der Waals surface area (Å²) in [5, 5.41) is 3.91. The summed E-state index contributed by atoms with van der Waals surface area (Å²) in [6.45, 7) is 20.2. The minimum atomic E-state index is -3.86. The van der Waals surface area contributed by atoms with Crippen molar-refractivity contribution in [3.05, 3.63) is 251 Å². The molecule has 9 atom stereocenters. The van der Waals surface area contributed by atoms with Crippen molar-refractivity contribution in [2.75, 3.05) is 83.2 Å². The number of alkyl halides is 1. The van der Waals surface area contributed by atoms with Gasteiger partial charge in [-0.2, -0.15) is 0 Å². The van der Waals surface area contributed by atoms with Crippen LogP contribution in [0.15, 0.2) is 115 Å². The van der Waals surface area contributed by atoms with E-state index in [1.54, 1.807) is 22.9 Å². The van der Waals surface area contributed by atoms with E-state index in [0.717, 1.165) is 161 Å². The molecular formula is C104H122Cl8F6N8O16S4. The van der Waals surface area contributed by atoms with Gasteiger partial charge in [0.1, 0.15) is 64.4 Å². The summed E-state index contributed by atoms with van der Waals surface area (Å²) in [4.78, 5) is 58.5. The standard InChI is InChI=1S/2C27H33Cl2FN2O4S.C26H31Cl2FN2O4S.C24H25Cl2F3N2O4S/c2*1-4-37(34,35)31-27(33)24-12-23(19-7-8-19)26(13-25(24)30)36-15-18-6-5-16(2)32(14-18)17(3)20-9-21(28)11-22(29)10-20;1-15-4-5-17(13-31(15)16(2)19-8-20(27)10-21(28)9-19)14-35-25-12-24(29)23(11-22(25)18-6-7-18)26(32)30-36(3,33)34;1-36(33,34)30-23(32)18-10-17(14-2-3-14)21(11-20(18)27)35-13-24(29)4-6-31(7-5-24)12-15-8-16(25)9-19(26)22(15)28/h2*9-13,16-19H,4-8,14-15H2,1-3H3,(H,31,33);8-12,15-18H,4-7,13-14H2,1-3H3,(H,30,32);8-11,14H,2-7,12-13H2,1H3,(H,30,32)/t16-,17+,18-;16-,17-,18-;15-,16-,17-;/m111./s1. The van der Waals surface area contributed by atoms with Crippen LogP contribution < -0.4 is 37.8 Å². The van der Waals surface area contributed by atoms with Crippen LogP contribution in [0.3, 0.4) is 0 Å². The third-order valence-corrected chi connectivity index (χ3v) is 33.5. The van der Waals surface area contributed by atoms with E-state index < -0.39 is 104 Å². The highest BCUT2D eigenvalue weighted by Crippen LogP contribution is 2.51. The number of likely N-dealkylation sites (tertiary alicyclic amines) is 4. The normalized spacial score (nSPS) is 20.7. The molecule has 8 aliphatic rings. The number of nitrogens with zero attached hydrogens (tertiary/aromatic N) is 4. The van der Waals surface area contributed by atoms with Gasteiger partial charge in [-0.3, -0.25) is 38.8 Å². The molecule has 8 aromatic rings. The van der Waals surface area contributed by atoms with E-state index in [9.17, 15) is 74.8 Å². The molecule has 0 aromatic heterocycles. The molecule has 42 heteroatoms. The van der Waals surface area contributed by atoms with Gasteiger partial charge in [0.2, 0.25) is 40.1 Å². The lowest BCUT2D eigenvalue weighted by Crippen LogP contribution is -2.44. The maximum Gasteiger partial charge on any atom is 0.267 e. The Labute approximate surface area is 891 Å². The molecule has 8 fully saturated rings. The smallest absolute Gasteiger partial charge is 0.267 e. The molecule has 146 heavy (non-hydrogen) atoms. The van der Waals surface area contributed by atoms with Crippen LogP contribution in [0.2, 0.25) is 40.2 Å². The van der Waals surface area contributed by atoms with E-state index in [2.05, 4.69) is 56.2 Å². The first kappa shape index (κ1) is 115. The first-order valence-electron chi connectivity index (χ1n) is 48.9. The lowest BCUT2D eigenvalue weighted by atomic mass is 9.91. The van der Waals surface area contributed by atoms with Crippen molar-refractivity contribution in [2.45, 2.75) is 230 Å². The van der Waals surface area contributed by atoms with Crippen LogP contribution in [-0.2, 0) is 46.6 Å². The average Bonchev–Trinajstić information content (AvgIpc) is 1.63. The third kappa shape index (κ3) is 32.3. The van der Waals surface area contributed by atoms with Crippen molar-refractivity contribution in [3.8, 4) is 23.0 Å². The number of halogens is 14. The van der Waals surface area contributed by atoms with Gasteiger partial charge in [-0.25, -0.2) is 78.9 Å². The molecular weight excluding hydrogens is 2140 g/mol. The molecule has 8 aromatic carbocycles. The van der Waals surface area contributed by atoms with Crippen molar-refractivity contribution in [1.29, 1.82) is 0 Å². The molecule has 0 radical (unpaired) electrons. The van der Waals surface area contributed by atoms with E-state index in [-0.39, 0.29) is 125 Å². The van der Waals surface area contributed by atoms with Gasteiger partial charge >= 0.3 is 0 Å². The van der Waals surface area contributed by atoms with E-state index in [4.69, 9.17) is 112 Å². The van der Waals surface area contributed by atoms with Crippen molar-refractivity contribution in [1.82, 2.24) is 38.5 Å². The van der Waals surface area contributed by atoms with Crippen LogP contribution in [0, 0.1) is 46.8 Å². The van der Waals surface area contributed by atoms with Gasteiger partial charge in [0.05, 0.1) is 71.1 Å². The predicted molar refractivity (Wildman–Crippen MR) is 560 cm³/mol. The highest BCUT2D eigenvalue weighted by Gasteiger charge is 2.42. The molecule has 4 saturated carbocycles. The number of carbonyl (C=O) groups is 4. The molecule has 24 nitrogen and oxygen atoms in total. The summed E-state index contributed by atoms with van der Waals surface area (Å²) < 4.78 is 214. The highest BCUT2D eigenvalue weighted by atomic mass is 35.5. The second-order valence-corrected chi connectivity index (χ2v) is 50.7. The summed E-state index contributed by atoms with van der Waals surface area (Å²) in [7, 11) is -15.3. The van der Waals surface area contributed by atoms with Crippen LogP contribution in [-0.4, -0.2) is 184 Å². The zero-order valence-corrected chi connectivity index (χ0v) is 91.8. The van der Waals surface area contributed by atoms with Gasteiger partial charge in [0.25, 0.3) is 23.6 Å². The Morgan fingerprint density at radius 2 is 0.644 bits per heavy atom. The molecule has 796 valence electrons. The van der Waals surface area contributed by atoms with E-state index in [1.165, 1.54) is 68.4 Å². The first-order chi connectivity index (χ1) is 68.7. The van der Waals surface area contributed by atoms with Crippen LogP contribution in [0.5, 0.6) is 23.0 Å². The fourth-order valence-corrected chi connectivity index (χ4v) is 23.2. The van der Waals surface area contributed by atoms with Gasteiger partial charge in [-0.05, 0) is 312 Å². The summed E-state index contributed by atoms with van der Waals surface area (Å²) in [5.41, 5.74) is 3.37. The van der Waals surface area contributed by atoms with Gasteiger partial charge in [0.15, 0.2) is 0 Å².